The Kier molecular flexibility index (Phi) is 5.32. The molecule has 0 spiro atoms. The SMILES string of the molecule is COCCN(c1ccc(C(=O)NO)cc1)c1nc2ccc(Br)cc2[nH]1. The first-order chi connectivity index (χ1) is 12.1. The fraction of sp³-hybridized carbons (Fsp3) is 0.176. The molecule has 2 aromatic carbocycles. The minimum absolute atomic E-state index is 0.367. The van der Waals surface area contributed by atoms with E-state index in [9.17, 15) is 4.79 Å². The number of halogens is 1. The minimum atomic E-state index is -0.552. The number of imidazole rings is 1. The molecule has 0 aliphatic heterocycles. The van der Waals surface area contributed by atoms with E-state index in [0.717, 1.165) is 21.2 Å². The van der Waals surface area contributed by atoms with Crippen LogP contribution in [0, 0.1) is 0 Å². The van der Waals surface area contributed by atoms with Gasteiger partial charge in [-0.2, -0.15) is 0 Å². The molecule has 0 bridgehead atoms. The number of carbonyl (C=O) groups is 1. The molecule has 0 aliphatic carbocycles. The maximum absolute atomic E-state index is 11.5. The van der Waals surface area contributed by atoms with E-state index in [0.29, 0.717) is 24.7 Å². The molecule has 25 heavy (non-hydrogen) atoms. The third kappa shape index (κ3) is 3.81. The Labute approximate surface area is 152 Å². The fourth-order valence-electron chi connectivity index (χ4n) is 2.49. The van der Waals surface area contributed by atoms with E-state index in [-0.39, 0.29) is 0 Å². The van der Waals surface area contributed by atoms with E-state index in [4.69, 9.17) is 9.94 Å². The van der Waals surface area contributed by atoms with E-state index in [2.05, 4.69) is 25.9 Å². The molecule has 0 radical (unpaired) electrons. The van der Waals surface area contributed by atoms with Crippen LogP contribution < -0.4 is 10.4 Å². The Bertz CT molecular complexity index is 879. The normalized spacial score (nSPS) is 10.8. The van der Waals surface area contributed by atoms with Crippen LogP contribution in [-0.2, 0) is 4.74 Å². The standard InChI is InChI=1S/C17H17BrN4O3/c1-25-9-8-22(13-5-2-11(3-6-13)16(23)21-24)17-19-14-7-4-12(18)10-15(14)20-17/h2-7,10,24H,8-9H2,1H3,(H,19,20)(H,21,23). The average Bonchev–Trinajstić information content (AvgIpc) is 3.04. The molecule has 130 valence electrons. The smallest absolute Gasteiger partial charge is 0.274 e. The van der Waals surface area contributed by atoms with Gasteiger partial charge in [0.15, 0.2) is 0 Å². The van der Waals surface area contributed by atoms with Crippen LogP contribution >= 0.6 is 15.9 Å². The lowest BCUT2D eigenvalue weighted by Gasteiger charge is -2.21. The molecule has 8 heteroatoms. The predicted octanol–water partition coefficient (Wildman–Crippen LogP) is 3.23. The van der Waals surface area contributed by atoms with Crippen molar-refractivity contribution in [3.8, 4) is 0 Å². The van der Waals surface area contributed by atoms with Gasteiger partial charge in [0.1, 0.15) is 0 Å². The van der Waals surface area contributed by atoms with Gasteiger partial charge < -0.3 is 14.6 Å². The van der Waals surface area contributed by atoms with E-state index in [1.54, 1.807) is 36.9 Å². The second kappa shape index (κ2) is 7.64. The highest BCUT2D eigenvalue weighted by Crippen LogP contribution is 2.26. The topological polar surface area (TPSA) is 90.5 Å². The van der Waals surface area contributed by atoms with Crippen LogP contribution in [0.5, 0.6) is 0 Å². The number of benzene rings is 2. The minimum Gasteiger partial charge on any atom is -0.383 e. The van der Waals surface area contributed by atoms with E-state index in [1.807, 2.05) is 23.1 Å². The lowest BCUT2D eigenvalue weighted by Crippen LogP contribution is -2.23. The maximum Gasteiger partial charge on any atom is 0.274 e. The molecule has 3 aromatic rings. The number of carbonyl (C=O) groups excluding carboxylic acids is 1. The maximum atomic E-state index is 11.5. The number of aromatic nitrogens is 2. The molecule has 3 rings (SSSR count). The number of hydroxylamine groups is 1. The summed E-state index contributed by atoms with van der Waals surface area (Å²) < 4.78 is 6.17. The van der Waals surface area contributed by atoms with Crippen molar-refractivity contribution in [2.45, 2.75) is 0 Å². The average molecular weight is 405 g/mol. The van der Waals surface area contributed by atoms with Crippen molar-refractivity contribution in [1.29, 1.82) is 0 Å². The highest BCUT2D eigenvalue weighted by atomic mass is 79.9. The zero-order valence-corrected chi connectivity index (χ0v) is 15.1. The summed E-state index contributed by atoms with van der Waals surface area (Å²) in [6.45, 7) is 1.10. The van der Waals surface area contributed by atoms with Crippen LogP contribution in [-0.4, -0.2) is 41.3 Å². The first kappa shape index (κ1) is 17.4. The Morgan fingerprint density at radius 2 is 2.08 bits per heavy atom. The second-order valence-electron chi connectivity index (χ2n) is 5.35. The third-order valence-electron chi connectivity index (χ3n) is 3.75. The second-order valence-corrected chi connectivity index (χ2v) is 6.27. The van der Waals surface area contributed by atoms with Crippen molar-refractivity contribution >= 4 is 44.5 Å². The Hall–Kier alpha value is -2.42. The molecular weight excluding hydrogens is 388 g/mol. The zero-order valence-electron chi connectivity index (χ0n) is 13.5. The predicted molar refractivity (Wildman–Crippen MR) is 98.4 cm³/mol. The largest absolute Gasteiger partial charge is 0.383 e. The van der Waals surface area contributed by atoms with Gasteiger partial charge in [-0.1, -0.05) is 15.9 Å². The Morgan fingerprint density at radius 1 is 1.32 bits per heavy atom. The van der Waals surface area contributed by atoms with Gasteiger partial charge >= 0.3 is 0 Å². The van der Waals surface area contributed by atoms with Crippen molar-refractivity contribution in [3.05, 3.63) is 52.5 Å². The molecule has 0 saturated carbocycles. The van der Waals surface area contributed by atoms with Crippen molar-refractivity contribution in [1.82, 2.24) is 15.4 Å². The van der Waals surface area contributed by atoms with Gasteiger partial charge in [0.2, 0.25) is 5.95 Å². The van der Waals surface area contributed by atoms with Crippen LogP contribution in [0.2, 0.25) is 0 Å². The molecule has 0 fully saturated rings. The summed E-state index contributed by atoms with van der Waals surface area (Å²) in [6.07, 6.45) is 0. The summed E-state index contributed by atoms with van der Waals surface area (Å²) in [4.78, 5) is 21.4. The van der Waals surface area contributed by atoms with Gasteiger partial charge in [-0.25, -0.2) is 10.5 Å². The number of nitrogens with zero attached hydrogens (tertiary/aromatic N) is 2. The van der Waals surface area contributed by atoms with Crippen LogP contribution in [0.4, 0.5) is 11.6 Å². The monoisotopic (exact) mass is 404 g/mol. The molecule has 3 N–H and O–H groups in total. The molecule has 0 saturated heterocycles. The summed E-state index contributed by atoms with van der Waals surface area (Å²) in [5.41, 5.74) is 4.62. The van der Waals surface area contributed by atoms with Crippen LogP contribution in [0.3, 0.4) is 0 Å². The first-order valence-corrected chi connectivity index (χ1v) is 8.38. The summed E-state index contributed by atoms with van der Waals surface area (Å²) in [5, 5.41) is 8.72. The summed E-state index contributed by atoms with van der Waals surface area (Å²) in [5.74, 6) is 0.132. The molecule has 0 unspecified atom stereocenters. The Balaban J connectivity index is 1.96. The third-order valence-corrected chi connectivity index (χ3v) is 4.24. The molecule has 0 atom stereocenters. The number of hydrogen-bond acceptors (Lipinski definition) is 5. The highest BCUT2D eigenvalue weighted by molar-refractivity contribution is 9.10. The van der Waals surface area contributed by atoms with Crippen LogP contribution in [0.15, 0.2) is 46.9 Å². The molecule has 1 aromatic heterocycles. The van der Waals surface area contributed by atoms with Gasteiger partial charge in [-0.15, -0.1) is 0 Å². The molecular formula is C17H17BrN4O3. The van der Waals surface area contributed by atoms with E-state index in [1.165, 1.54) is 0 Å². The molecule has 0 aliphatic rings. The lowest BCUT2D eigenvalue weighted by molar-refractivity contribution is 0.0706. The van der Waals surface area contributed by atoms with Gasteiger partial charge in [-0.3, -0.25) is 10.0 Å². The Morgan fingerprint density at radius 3 is 2.76 bits per heavy atom. The van der Waals surface area contributed by atoms with Gasteiger partial charge in [-0.05, 0) is 42.5 Å². The first-order valence-electron chi connectivity index (χ1n) is 7.58. The van der Waals surface area contributed by atoms with Gasteiger partial charge in [0.25, 0.3) is 5.91 Å². The zero-order chi connectivity index (χ0) is 17.8. The number of nitrogens with one attached hydrogen (secondary N) is 2. The number of fused-ring (bicyclic) bond motifs is 1. The number of hydrogen-bond donors (Lipinski definition) is 3. The van der Waals surface area contributed by atoms with E-state index < -0.39 is 5.91 Å². The van der Waals surface area contributed by atoms with Crippen molar-refractivity contribution < 1.29 is 14.7 Å². The quantitative estimate of drug-likeness (QED) is 0.433. The number of aromatic amines is 1. The number of amides is 1. The van der Waals surface area contributed by atoms with Crippen LogP contribution in [0.1, 0.15) is 10.4 Å². The van der Waals surface area contributed by atoms with Crippen molar-refractivity contribution in [2.24, 2.45) is 0 Å². The molecule has 1 amide bonds. The summed E-state index contributed by atoms with van der Waals surface area (Å²) in [6, 6.07) is 12.7. The fourth-order valence-corrected chi connectivity index (χ4v) is 2.85. The number of methoxy groups -OCH3 is 1. The van der Waals surface area contributed by atoms with Crippen molar-refractivity contribution in [2.75, 3.05) is 25.2 Å². The number of H-pyrrole nitrogens is 1. The molecule has 7 nitrogen and oxygen atoms in total. The van der Waals surface area contributed by atoms with Crippen LogP contribution in [0.25, 0.3) is 11.0 Å². The summed E-state index contributed by atoms with van der Waals surface area (Å²) in [7, 11) is 1.64. The summed E-state index contributed by atoms with van der Waals surface area (Å²) >= 11 is 3.45. The molecule has 1 heterocycles. The highest BCUT2D eigenvalue weighted by Gasteiger charge is 2.15. The van der Waals surface area contributed by atoms with Crippen molar-refractivity contribution in [3.63, 3.8) is 0 Å². The van der Waals surface area contributed by atoms with Gasteiger partial charge in [0, 0.05) is 29.4 Å². The van der Waals surface area contributed by atoms with Gasteiger partial charge in [0.05, 0.1) is 17.6 Å². The number of anilines is 2. The number of rotatable bonds is 6. The lowest BCUT2D eigenvalue weighted by atomic mass is 10.2. The number of ether oxygens (including phenoxy) is 1. The van der Waals surface area contributed by atoms with E-state index >= 15 is 0 Å².